The minimum absolute atomic E-state index is 0.0808. The average molecular weight is 382 g/mol. The van der Waals surface area contributed by atoms with E-state index in [0.717, 1.165) is 49.9 Å². The number of aliphatic hydroxyl groups is 1. The fraction of sp³-hybridized carbons (Fsp3) is 0.571. The predicted octanol–water partition coefficient (Wildman–Crippen LogP) is 2.92. The highest BCUT2D eigenvalue weighted by Gasteiger charge is 2.45. The van der Waals surface area contributed by atoms with E-state index in [1.807, 2.05) is 36.1 Å². The Morgan fingerprint density at radius 1 is 1.11 bits per heavy atom. The summed E-state index contributed by atoms with van der Waals surface area (Å²) in [6.07, 6.45) is 6.53. The van der Waals surface area contributed by atoms with Gasteiger partial charge < -0.3 is 19.7 Å². The van der Waals surface area contributed by atoms with Crippen molar-refractivity contribution in [3.8, 4) is 11.5 Å². The van der Waals surface area contributed by atoms with E-state index in [4.69, 9.17) is 4.42 Å². The monoisotopic (exact) mass is 382 g/mol. The molecule has 0 bridgehead atoms. The molecule has 2 aromatic rings. The number of rotatable bonds is 5. The van der Waals surface area contributed by atoms with Gasteiger partial charge in [-0.2, -0.15) is 0 Å². The normalized spacial score (nSPS) is 22.7. The molecule has 1 spiro atoms. The van der Waals surface area contributed by atoms with Gasteiger partial charge in [0.15, 0.2) is 0 Å². The first-order valence-corrected chi connectivity index (χ1v) is 10.2. The molecule has 5 rings (SSSR count). The van der Waals surface area contributed by atoms with Gasteiger partial charge in [0.25, 0.3) is 0 Å². The summed E-state index contributed by atoms with van der Waals surface area (Å²) in [5.41, 5.74) is 1.62. The van der Waals surface area contributed by atoms with Crippen LogP contribution in [0.25, 0.3) is 11.5 Å². The van der Waals surface area contributed by atoms with Gasteiger partial charge in [0.2, 0.25) is 11.8 Å². The lowest BCUT2D eigenvalue weighted by Gasteiger charge is -2.33. The zero-order valence-electron chi connectivity index (χ0n) is 16.1. The molecule has 1 saturated heterocycles. The highest BCUT2D eigenvalue weighted by molar-refractivity contribution is 5.83. The molecule has 28 heavy (non-hydrogen) atoms. The second-order valence-corrected chi connectivity index (χ2v) is 8.71. The standard InChI is InChI=1S/C21H26N4O3/c1-14(18(26)25-12-10-20(6-7-20)11-13-25)22-19-24-23-17(28-19)15-2-4-16(5-3-15)21(27)8-9-21/h2-5,14,27H,6-13H2,1H3,(H,22,24)/t14-/m0/s1. The van der Waals surface area contributed by atoms with Gasteiger partial charge in [-0.25, -0.2) is 0 Å². The fourth-order valence-corrected chi connectivity index (χ4v) is 4.13. The van der Waals surface area contributed by atoms with E-state index in [0.29, 0.717) is 11.3 Å². The summed E-state index contributed by atoms with van der Waals surface area (Å²) in [5, 5.41) is 21.3. The van der Waals surface area contributed by atoms with E-state index < -0.39 is 11.6 Å². The molecule has 0 radical (unpaired) electrons. The summed E-state index contributed by atoms with van der Waals surface area (Å²) < 4.78 is 5.70. The van der Waals surface area contributed by atoms with Crippen LogP contribution in [-0.4, -0.2) is 45.2 Å². The topological polar surface area (TPSA) is 91.5 Å². The Labute approximate surface area is 164 Å². The molecule has 1 aliphatic heterocycles. The molecule has 7 heteroatoms. The molecule has 1 aromatic carbocycles. The van der Waals surface area contributed by atoms with Crippen molar-refractivity contribution in [3.05, 3.63) is 29.8 Å². The number of hydrogen-bond acceptors (Lipinski definition) is 6. The van der Waals surface area contributed by atoms with Crippen molar-refractivity contribution in [2.75, 3.05) is 18.4 Å². The van der Waals surface area contributed by atoms with E-state index in [1.54, 1.807) is 0 Å². The third kappa shape index (κ3) is 3.28. The number of carbonyl (C=O) groups is 1. The van der Waals surface area contributed by atoms with Crippen LogP contribution < -0.4 is 5.32 Å². The fourth-order valence-electron chi connectivity index (χ4n) is 4.13. The SMILES string of the molecule is C[C@H](Nc1nnc(-c2ccc(C3(O)CC3)cc2)o1)C(=O)N1CCC2(CC1)CC2. The zero-order chi connectivity index (χ0) is 19.4. The van der Waals surface area contributed by atoms with Gasteiger partial charge >= 0.3 is 6.01 Å². The molecule has 0 unspecified atom stereocenters. The minimum Gasteiger partial charge on any atom is -0.403 e. The molecule has 1 atom stereocenters. The number of carbonyl (C=O) groups excluding carboxylic acids is 1. The van der Waals surface area contributed by atoms with E-state index in [-0.39, 0.29) is 11.9 Å². The van der Waals surface area contributed by atoms with Crippen LogP contribution in [0, 0.1) is 5.41 Å². The van der Waals surface area contributed by atoms with Gasteiger partial charge in [-0.1, -0.05) is 17.2 Å². The highest BCUT2D eigenvalue weighted by atomic mass is 16.4. The Kier molecular flexibility index (Phi) is 3.98. The van der Waals surface area contributed by atoms with Crippen molar-refractivity contribution in [2.45, 2.75) is 57.1 Å². The lowest BCUT2D eigenvalue weighted by Crippen LogP contribution is -2.45. The Morgan fingerprint density at radius 2 is 1.79 bits per heavy atom. The summed E-state index contributed by atoms with van der Waals surface area (Å²) in [4.78, 5) is 14.6. The van der Waals surface area contributed by atoms with Gasteiger partial charge in [0, 0.05) is 18.7 Å². The number of likely N-dealkylation sites (tertiary alicyclic amines) is 1. The number of hydrogen-bond donors (Lipinski definition) is 2. The number of amides is 1. The molecule has 1 amide bonds. The van der Waals surface area contributed by atoms with Gasteiger partial charge in [-0.05, 0) is 68.6 Å². The van der Waals surface area contributed by atoms with Crippen molar-refractivity contribution in [1.82, 2.24) is 15.1 Å². The lowest BCUT2D eigenvalue weighted by atomic mass is 9.93. The van der Waals surface area contributed by atoms with Gasteiger partial charge in [0.1, 0.15) is 6.04 Å². The Bertz CT molecular complexity index is 873. The molecule has 2 N–H and O–H groups in total. The Balaban J connectivity index is 1.20. The number of benzene rings is 1. The first kappa shape index (κ1) is 17.7. The van der Waals surface area contributed by atoms with Crippen LogP contribution in [0.5, 0.6) is 0 Å². The van der Waals surface area contributed by atoms with Gasteiger partial charge in [0.05, 0.1) is 5.60 Å². The maximum Gasteiger partial charge on any atom is 0.316 e. The van der Waals surface area contributed by atoms with Crippen molar-refractivity contribution >= 4 is 11.9 Å². The van der Waals surface area contributed by atoms with Crippen LogP contribution in [0.4, 0.5) is 6.01 Å². The van der Waals surface area contributed by atoms with Crippen LogP contribution in [0.3, 0.4) is 0 Å². The van der Waals surface area contributed by atoms with Crippen molar-refractivity contribution in [1.29, 1.82) is 0 Å². The van der Waals surface area contributed by atoms with Crippen LogP contribution in [-0.2, 0) is 10.4 Å². The Morgan fingerprint density at radius 3 is 2.39 bits per heavy atom. The van der Waals surface area contributed by atoms with Crippen molar-refractivity contribution < 1.29 is 14.3 Å². The second-order valence-electron chi connectivity index (χ2n) is 8.71. The zero-order valence-corrected chi connectivity index (χ0v) is 16.1. The number of nitrogens with zero attached hydrogens (tertiary/aromatic N) is 3. The molecule has 2 heterocycles. The maximum absolute atomic E-state index is 12.7. The van der Waals surface area contributed by atoms with E-state index in [2.05, 4.69) is 15.5 Å². The van der Waals surface area contributed by atoms with Gasteiger partial charge in [-0.3, -0.25) is 4.79 Å². The summed E-state index contributed by atoms with van der Waals surface area (Å²) in [5.74, 6) is 0.474. The smallest absolute Gasteiger partial charge is 0.316 e. The third-order valence-electron chi connectivity index (χ3n) is 6.62. The molecular weight excluding hydrogens is 356 g/mol. The van der Waals surface area contributed by atoms with Gasteiger partial charge in [-0.15, -0.1) is 5.10 Å². The summed E-state index contributed by atoms with van der Waals surface area (Å²) in [7, 11) is 0. The number of aromatic nitrogens is 2. The molecule has 2 aliphatic carbocycles. The molecule has 3 aliphatic rings. The van der Waals surface area contributed by atoms with E-state index in [9.17, 15) is 9.90 Å². The van der Waals surface area contributed by atoms with Crippen LogP contribution >= 0.6 is 0 Å². The number of anilines is 1. The van der Waals surface area contributed by atoms with Crippen LogP contribution in [0.1, 0.15) is 51.0 Å². The highest BCUT2D eigenvalue weighted by Crippen LogP contribution is 2.53. The summed E-state index contributed by atoms with van der Waals surface area (Å²) in [6.45, 7) is 3.52. The quantitative estimate of drug-likeness (QED) is 0.826. The second kappa shape index (κ2) is 6.30. The third-order valence-corrected chi connectivity index (χ3v) is 6.62. The first-order valence-electron chi connectivity index (χ1n) is 10.2. The van der Waals surface area contributed by atoms with Crippen LogP contribution in [0.2, 0.25) is 0 Å². The molecule has 7 nitrogen and oxygen atoms in total. The largest absolute Gasteiger partial charge is 0.403 e. The molecule has 2 saturated carbocycles. The van der Waals surface area contributed by atoms with Crippen LogP contribution in [0.15, 0.2) is 28.7 Å². The number of nitrogens with one attached hydrogen (secondary N) is 1. The summed E-state index contributed by atoms with van der Waals surface area (Å²) >= 11 is 0. The maximum atomic E-state index is 12.7. The molecular formula is C21H26N4O3. The average Bonchev–Trinajstić information content (AvgIpc) is 3.60. The molecule has 1 aromatic heterocycles. The van der Waals surface area contributed by atoms with Crippen molar-refractivity contribution in [3.63, 3.8) is 0 Å². The van der Waals surface area contributed by atoms with Crippen molar-refractivity contribution in [2.24, 2.45) is 5.41 Å². The predicted molar refractivity (Wildman–Crippen MR) is 103 cm³/mol. The molecule has 148 valence electrons. The number of piperidine rings is 1. The Hall–Kier alpha value is -2.41. The lowest BCUT2D eigenvalue weighted by molar-refractivity contribution is -0.133. The summed E-state index contributed by atoms with van der Waals surface area (Å²) in [6, 6.07) is 7.38. The molecule has 3 fully saturated rings. The van der Waals surface area contributed by atoms with E-state index in [1.165, 1.54) is 12.8 Å². The first-order chi connectivity index (χ1) is 13.5. The minimum atomic E-state index is -0.649. The van der Waals surface area contributed by atoms with E-state index >= 15 is 0 Å².